The third kappa shape index (κ3) is 6.36. The number of hydrogen-bond donors (Lipinski definition) is 2. The SMILES string of the molecule is CCCNC(C)(CN(CC)C(C)CN(C)C)C(N)=O. The molecule has 0 saturated carbocycles. The Morgan fingerprint density at radius 1 is 1.37 bits per heavy atom. The molecule has 0 bridgehead atoms. The van der Waals surface area contributed by atoms with Gasteiger partial charge in [0.25, 0.3) is 0 Å². The van der Waals surface area contributed by atoms with Gasteiger partial charge in [-0.05, 0) is 47.5 Å². The van der Waals surface area contributed by atoms with Crippen LogP contribution < -0.4 is 11.1 Å². The van der Waals surface area contributed by atoms with Crippen molar-refractivity contribution in [1.29, 1.82) is 0 Å². The van der Waals surface area contributed by atoms with E-state index in [1.165, 1.54) is 0 Å². The smallest absolute Gasteiger partial charge is 0.238 e. The fourth-order valence-electron chi connectivity index (χ4n) is 2.25. The number of hydrogen-bond acceptors (Lipinski definition) is 4. The van der Waals surface area contributed by atoms with E-state index in [0.29, 0.717) is 12.6 Å². The van der Waals surface area contributed by atoms with Gasteiger partial charge in [-0.2, -0.15) is 0 Å². The van der Waals surface area contributed by atoms with Gasteiger partial charge in [-0.15, -0.1) is 0 Å². The number of amides is 1. The van der Waals surface area contributed by atoms with E-state index in [1.54, 1.807) is 0 Å². The Labute approximate surface area is 118 Å². The van der Waals surface area contributed by atoms with E-state index in [-0.39, 0.29) is 5.91 Å². The van der Waals surface area contributed by atoms with Gasteiger partial charge in [0.2, 0.25) is 5.91 Å². The largest absolute Gasteiger partial charge is 0.368 e. The topological polar surface area (TPSA) is 61.6 Å². The van der Waals surface area contributed by atoms with Gasteiger partial charge in [-0.1, -0.05) is 13.8 Å². The lowest BCUT2D eigenvalue weighted by Gasteiger charge is -2.37. The minimum Gasteiger partial charge on any atom is -0.368 e. The number of likely N-dealkylation sites (N-methyl/N-ethyl adjacent to an activating group) is 2. The van der Waals surface area contributed by atoms with Gasteiger partial charge in [0.15, 0.2) is 0 Å². The molecule has 0 aromatic heterocycles. The average Bonchev–Trinajstić information content (AvgIpc) is 2.32. The zero-order chi connectivity index (χ0) is 15.1. The highest BCUT2D eigenvalue weighted by Crippen LogP contribution is 2.10. The monoisotopic (exact) mass is 272 g/mol. The molecule has 2 atom stereocenters. The number of carbonyl (C=O) groups is 1. The minimum absolute atomic E-state index is 0.281. The van der Waals surface area contributed by atoms with Gasteiger partial charge in [0.1, 0.15) is 5.54 Å². The molecule has 0 rings (SSSR count). The number of primary amides is 1. The molecule has 3 N–H and O–H groups in total. The molecule has 2 unspecified atom stereocenters. The van der Waals surface area contributed by atoms with Gasteiger partial charge in [-0.25, -0.2) is 0 Å². The van der Waals surface area contributed by atoms with Crippen LogP contribution in [0.1, 0.15) is 34.1 Å². The van der Waals surface area contributed by atoms with Gasteiger partial charge in [0.05, 0.1) is 0 Å². The summed E-state index contributed by atoms with van der Waals surface area (Å²) in [5, 5.41) is 3.29. The molecule has 5 heteroatoms. The van der Waals surface area contributed by atoms with Crippen molar-refractivity contribution in [2.75, 3.05) is 40.3 Å². The van der Waals surface area contributed by atoms with Crippen molar-refractivity contribution in [2.24, 2.45) is 5.73 Å². The van der Waals surface area contributed by atoms with Crippen LogP contribution in [0.25, 0.3) is 0 Å². The first-order chi connectivity index (χ1) is 8.76. The lowest BCUT2D eigenvalue weighted by Crippen LogP contribution is -2.61. The molecule has 0 radical (unpaired) electrons. The first kappa shape index (κ1) is 18.4. The van der Waals surface area contributed by atoms with Crippen molar-refractivity contribution >= 4 is 5.91 Å². The minimum atomic E-state index is -0.660. The van der Waals surface area contributed by atoms with Gasteiger partial charge >= 0.3 is 0 Å². The number of nitrogens with one attached hydrogen (secondary N) is 1. The fraction of sp³-hybridized carbons (Fsp3) is 0.929. The summed E-state index contributed by atoms with van der Waals surface area (Å²) in [6.45, 7) is 11.6. The molecule has 0 heterocycles. The Morgan fingerprint density at radius 3 is 2.32 bits per heavy atom. The summed E-state index contributed by atoms with van der Waals surface area (Å²) in [5.74, 6) is -0.281. The Morgan fingerprint density at radius 2 is 1.95 bits per heavy atom. The Kier molecular flexibility index (Phi) is 8.22. The average molecular weight is 272 g/mol. The van der Waals surface area contributed by atoms with Crippen molar-refractivity contribution in [3.05, 3.63) is 0 Å². The highest BCUT2D eigenvalue weighted by Gasteiger charge is 2.33. The second-order valence-corrected chi connectivity index (χ2v) is 5.80. The van der Waals surface area contributed by atoms with Crippen LogP contribution in [0.4, 0.5) is 0 Å². The lowest BCUT2D eigenvalue weighted by molar-refractivity contribution is -0.124. The van der Waals surface area contributed by atoms with Crippen LogP contribution in [0, 0.1) is 0 Å². The van der Waals surface area contributed by atoms with Crippen molar-refractivity contribution in [3.63, 3.8) is 0 Å². The zero-order valence-corrected chi connectivity index (χ0v) is 13.5. The molecular weight excluding hydrogens is 240 g/mol. The molecule has 0 aromatic carbocycles. The van der Waals surface area contributed by atoms with Crippen LogP contribution in [0.2, 0.25) is 0 Å². The Hall–Kier alpha value is -0.650. The van der Waals surface area contributed by atoms with E-state index >= 15 is 0 Å². The predicted octanol–water partition coefficient (Wildman–Crippen LogP) is 0.502. The maximum atomic E-state index is 11.7. The molecule has 114 valence electrons. The van der Waals surface area contributed by atoms with E-state index in [2.05, 4.69) is 50.0 Å². The first-order valence-electron chi connectivity index (χ1n) is 7.20. The Balaban J connectivity index is 4.73. The van der Waals surface area contributed by atoms with Crippen molar-refractivity contribution in [3.8, 4) is 0 Å². The van der Waals surface area contributed by atoms with E-state index in [0.717, 1.165) is 26.1 Å². The normalized spacial score (nSPS) is 16.6. The summed E-state index contributed by atoms with van der Waals surface area (Å²) in [6.07, 6.45) is 0.988. The van der Waals surface area contributed by atoms with Crippen molar-refractivity contribution in [1.82, 2.24) is 15.1 Å². The van der Waals surface area contributed by atoms with Crippen LogP contribution in [0.3, 0.4) is 0 Å². The molecule has 0 aromatic rings. The van der Waals surface area contributed by atoms with E-state index in [4.69, 9.17) is 5.73 Å². The summed E-state index contributed by atoms with van der Waals surface area (Å²) >= 11 is 0. The molecule has 5 nitrogen and oxygen atoms in total. The van der Waals surface area contributed by atoms with Crippen LogP contribution in [-0.2, 0) is 4.79 Å². The highest BCUT2D eigenvalue weighted by molar-refractivity contribution is 5.84. The number of rotatable bonds is 10. The lowest BCUT2D eigenvalue weighted by atomic mass is 9.99. The van der Waals surface area contributed by atoms with Crippen LogP contribution >= 0.6 is 0 Å². The molecule has 0 aliphatic heterocycles. The zero-order valence-electron chi connectivity index (χ0n) is 13.5. The summed E-state index contributed by atoms with van der Waals surface area (Å²) in [5.41, 5.74) is 4.92. The predicted molar refractivity (Wildman–Crippen MR) is 81.2 cm³/mol. The summed E-state index contributed by atoms with van der Waals surface area (Å²) in [4.78, 5) is 16.2. The molecular formula is C14H32N4O. The second kappa shape index (κ2) is 8.51. The molecule has 0 spiro atoms. The third-order valence-electron chi connectivity index (χ3n) is 3.49. The third-order valence-corrected chi connectivity index (χ3v) is 3.49. The summed E-state index contributed by atoms with van der Waals surface area (Å²) in [6, 6.07) is 0.391. The number of carbonyl (C=O) groups excluding carboxylic acids is 1. The van der Waals surface area contributed by atoms with Crippen LogP contribution in [-0.4, -0.2) is 67.6 Å². The van der Waals surface area contributed by atoms with Gasteiger partial charge < -0.3 is 16.0 Å². The summed E-state index contributed by atoms with van der Waals surface area (Å²) < 4.78 is 0. The number of nitrogens with zero attached hydrogens (tertiary/aromatic N) is 2. The molecule has 1 amide bonds. The van der Waals surface area contributed by atoms with E-state index in [9.17, 15) is 4.79 Å². The molecule has 0 aliphatic carbocycles. The molecule has 19 heavy (non-hydrogen) atoms. The van der Waals surface area contributed by atoms with Crippen molar-refractivity contribution in [2.45, 2.75) is 45.7 Å². The molecule has 0 fully saturated rings. The Bertz CT molecular complexity index is 270. The maximum Gasteiger partial charge on any atom is 0.238 e. The van der Waals surface area contributed by atoms with Crippen molar-refractivity contribution < 1.29 is 4.79 Å². The van der Waals surface area contributed by atoms with Crippen LogP contribution in [0.5, 0.6) is 0 Å². The quantitative estimate of drug-likeness (QED) is 0.608. The summed E-state index contributed by atoms with van der Waals surface area (Å²) in [7, 11) is 4.12. The van der Waals surface area contributed by atoms with Gasteiger partial charge in [-0.3, -0.25) is 9.69 Å². The van der Waals surface area contributed by atoms with Crippen LogP contribution in [0.15, 0.2) is 0 Å². The van der Waals surface area contributed by atoms with E-state index < -0.39 is 5.54 Å². The maximum absolute atomic E-state index is 11.7. The van der Waals surface area contributed by atoms with E-state index in [1.807, 2.05) is 6.92 Å². The fourth-order valence-corrected chi connectivity index (χ4v) is 2.25. The molecule has 0 aliphatic rings. The van der Waals surface area contributed by atoms with Gasteiger partial charge in [0, 0.05) is 19.1 Å². The number of nitrogens with two attached hydrogens (primary N) is 1. The standard InChI is InChI=1S/C14H32N4O/c1-7-9-16-14(4,13(15)19)11-18(8-2)12(3)10-17(5)6/h12,16H,7-11H2,1-6H3,(H2,15,19). The first-order valence-corrected chi connectivity index (χ1v) is 7.20. The molecule has 0 saturated heterocycles. The second-order valence-electron chi connectivity index (χ2n) is 5.80. The highest BCUT2D eigenvalue weighted by atomic mass is 16.1.